The minimum Gasteiger partial charge on any atom is -0.507 e. The predicted molar refractivity (Wildman–Crippen MR) is 127 cm³/mol. The van der Waals surface area contributed by atoms with Crippen LogP contribution in [0.4, 0.5) is 4.39 Å². The van der Waals surface area contributed by atoms with Gasteiger partial charge in [-0.2, -0.15) is 0 Å². The summed E-state index contributed by atoms with van der Waals surface area (Å²) < 4.78 is 14.4. The van der Waals surface area contributed by atoms with Crippen LogP contribution in [0.25, 0.3) is 0 Å². The molecule has 33 heavy (non-hydrogen) atoms. The minimum atomic E-state index is -0.655. The number of nitrogens with one attached hydrogen (secondary N) is 2. The number of amides is 1. The van der Waals surface area contributed by atoms with Gasteiger partial charge in [0.2, 0.25) is 0 Å². The van der Waals surface area contributed by atoms with Crippen molar-refractivity contribution in [3.63, 3.8) is 0 Å². The van der Waals surface area contributed by atoms with E-state index in [2.05, 4.69) is 5.32 Å². The lowest BCUT2D eigenvalue weighted by atomic mass is 9.78. The molecule has 6 nitrogen and oxygen atoms in total. The second kappa shape index (κ2) is 8.28. The number of rotatable bonds is 4. The molecule has 3 N–H and O–H groups in total. The van der Waals surface area contributed by atoms with Crippen molar-refractivity contribution in [3.8, 4) is 5.75 Å². The van der Waals surface area contributed by atoms with Crippen molar-refractivity contribution < 1.29 is 19.1 Å². The molecule has 1 heterocycles. The number of ketones is 1. The summed E-state index contributed by atoms with van der Waals surface area (Å²) in [4.78, 5) is 26.8. The van der Waals surface area contributed by atoms with E-state index in [9.17, 15) is 19.1 Å². The van der Waals surface area contributed by atoms with E-state index in [1.54, 1.807) is 17.0 Å². The van der Waals surface area contributed by atoms with Gasteiger partial charge in [-0.3, -0.25) is 15.0 Å². The van der Waals surface area contributed by atoms with Gasteiger partial charge in [0.25, 0.3) is 5.91 Å². The first-order chi connectivity index (χ1) is 15.1. The number of carbonyl (C=O) groups is 2. The average molecular weight is 454 g/mol. The smallest absolute Gasteiger partial charge is 0.254 e. The maximum Gasteiger partial charge on any atom is 0.254 e. The summed E-state index contributed by atoms with van der Waals surface area (Å²) in [6.45, 7) is 12.0. The van der Waals surface area contributed by atoms with Crippen LogP contribution in [-0.2, 0) is 17.4 Å². The van der Waals surface area contributed by atoms with E-state index >= 15 is 0 Å². The van der Waals surface area contributed by atoms with Crippen molar-refractivity contribution in [2.75, 3.05) is 13.6 Å². The van der Waals surface area contributed by atoms with Crippen LogP contribution in [0.15, 0.2) is 24.3 Å². The van der Waals surface area contributed by atoms with Gasteiger partial charge in [0.1, 0.15) is 17.4 Å². The Kier molecular flexibility index (Phi) is 6.13. The number of fused-ring (bicyclic) bond motifs is 1. The van der Waals surface area contributed by atoms with Gasteiger partial charge in [0.05, 0.1) is 12.1 Å². The highest BCUT2D eigenvalue weighted by Crippen LogP contribution is 2.40. The molecule has 1 amide bonds. The number of carbonyl (C=O) groups excluding carboxylic acids is 2. The molecule has 2 aromatic rings. The first-order valence-electron chi connectivity index (χ1n) is 10.9. The average Bonchev–Trinajstić information content (AvgIpc) is 2.99. The molecule has 1 aliphatic rings. The topological polar surface area (TPSA) is 93.5 Å². The highest BCUT2D eigenvalue weighted by Gasteiger charge is 2.31. The second-order valence-electron chi connectivity index (χ2n) is 10.6. The van der Waals surface area contributed by atoms with E-state index in [0.717, 1.165) is 0 Å². The lowest BCUT2D eigenvalue weighted by Crippen LogP contribution is -2.31. The van der Waals surface area contributed by atoms with Crippen LogP contribution >= 0.6 is 0 Å². The van der Waals surface area contributed by atoms with Crippen molar-refractivity contribution in [3.05, 3.63) is 63.5 Å². The Morgan fingerprint density at radius 1 is 1.06 bits per heavy atom. The van der Waals surface area contributed by atoms with E-state index in [4.69, 9.17) is 5.41 Å². The normalized spacial score (nSPS) is 13.8. The Hall–Kier alpha value is -3.22. The van der Waals surface area contributed by atoms with E-state index in [1.807, 2.05) is 41.5 Å². The maximum atomic E-state index is 14.4. The van der Waals surface area contributed by atoms with Gasteiger partial charge in [-0.15, -0.1) is 0 Å². The SMILES string of the molecule is CNC(=O)c1cc2c(cc1F)CN(CC(=O)c1cc(C(C)(C)C)c(O)c(C(C)(C)C)c1)C2=N. The molecule has 0 fully saturated rings. The fraction of sp³-hybridized carbons (Fsp3) is 0.423. The summed E-state index contributed by atoms with van der Waals surface area (Å²) in [5.41, 5.74) is 1.98. The Bertz CT molecular complexity index is 1120. The summed E-state index contributed by atoms with van der Waals surface area (Å²) in [7, 11) is 1.42. The standard InChI is InChI=1S/C26H32FN3O3/c1-25(2,3)18-8-14(9-19(22(18)32)26(4,5)6)21(31)13-30-12-15-10-20(27)17(24(33)29-7)11-16(15)23(30)28/h8-11,28,32H,12-13H2,1-7H3,(H,29,33). The van der Waals surface area contributed by atoms with Gasteiger partial charge in [-0.1, -0.05) is 41.5 Å². The Balaban J connectivity index is 1.94. The number of phenols is 1. The van der Waals surface area contributed by atoms with Crippen LogP contribution in [0, 0.1) is 11.2 Å². The summed E-state index contributed by atoms with van der Waals surface area (Å²) in [5.74, 6) is -1.14. The van der Waals surface area contributed by atoms with E-state index in [0.29, 0.717) is 27.8 Å². The molecule has 0 saturated heterocycles. The monoisotopic (exact) mass is 453 g/mol. The van der Waals surface area contributed by atoms with Crippen LogP contribution in [0.3, 0.4) is 0 Å². The molecule has 2 aromatic carbocycles. The number of Topliss-reactive ketones (excluding diaryl/α,β-unsaturated/α-hetero) is 1. The highest BCUT2D eigenvalue weighted by molar-refractivity contribution is 6.07. The lowest BCUT2D eigenvalue weighted by Gasteiger charge is -2.28. The molecule has 176 valence electrons. The molecular formula is C26H32FN3O3. The second-order valence-corrected chi connectivity index (χ2v) is 10.6. The van der Waals surface area contributed by atoms with Crippen molar-refractivity contribution in [2.45, 2.75) is 58.9 Å². The fourth-order valence-corrected chi connectivity index (χ4v) is 4.07. The molecule has 7 heteroatoms. The lowest BCUT2D eigenvalue weighted by molar-refractivity contribution is 0.0952. The molecular weight excluding hydrogens is 421 g/mol. The maximum absolute atomic E-state index is 14.4. The van der Waals surface area contributed by atoms with Crippen LogP contribution < -0.4 is 5.32 Å². The van der Waals surface area contributed by atoms with Crippen LogP contribution in [-0.4, -0.2) is 41.1 Å². The number of halogens is 1. The zero-order chi connectivity index (χ0) is 24.9. The number of hydrogen-bond acceptors (Lipinski definition) is 4. The fourth-order valence-electron chi connectivity index (χ4n) is 4.07. The van der Waals surface area contributed by atoms with Gasteiger partial charge < -0.3 is 15.3 Å². The van der Waals surface area contributed by atoms with E-state index in [-0.39, 0.29) is 46.9 Å². The highest BCUT2D eigenvalue weighted by atomic mass is 19.1. The number of aromatic hydroxyl groups is 1. The first kappa shape index (κ1) is 24.4. The Morgan fingerprint density at radius 2 is 1.61 bits per heavy atom. The summed E-state index contributed by atoms with van der Waals surface area (Å²) in [6.07, 6.45) is 0. The van der Waals surface area contributed by atoms with E-state index in [1.165, 1.54) is 19.2 Å². The van der Waals surface area contributed by atoms with Crippen LogP contribution in [0.2, 0.25) is 0 Å². The summed E-state index contributed by atoms with van der Waals surface area (Å²) in [5, 5.41) is 21.8. The molecule has 0 unspecified atom stereocenters. The number of amidine groups is 1. The quantitative estimate of drug-likeness (QED) is 0.594. The summed E-state index contributed by atoms with van der Waals surface area (Å²) >= 11 is 0. The van der Waals surface area contributed by atoms with Crippen molar-refractivity contribution >= 4 is 17.5 Å². The molecule has 0 saturated carbocycles. The van der Waals surface area contributed by atoms with Gasteiger partial charge in [-0.05, 0) is 40.7 Å². The third kappa shape index (κ3) is 4.63. The van der Waals surface area contributed by atoms with E-state index < -0.39 is 11.7 Å². The first-order valence-corrected chi connectivity index (χ1v) is 10.9. The van der Waals surface area contributed by atoms with Gasteiger partial charge in [-0.25, -0.2) is 4.39 Å². The third-order valence-electron chi connectivity index (χ3n) is 5.98. The molecule has 0 bridgehead atoms. The Labute approximate surface area is 194 Å². The molecule has 1 aliphatic heterocycles. The number of hydrogen-bond donors (Lipinski definition) is 3. The minimum absolute atomic E-state index is 0.0671. The van der Waals surface area contributed by atoms with Gasteiger partial charge in [0.15, 0.2) is 5.78 Å². The molecule has 0 aliphatic carbocycles. The van der Waals surface area contributed by atoms with Gasteiger partial charge in [0, 0.05) is 35.8 Å². The summed E-state index contributed by atoms with van der Waals surface area (Å²) in [6, 6.07) is 6.08. The van der Waals surface area contributed by atoms with Crippen molar-refractivity contribution in [1.29, 1.82) is 5.41 Å². The number of phenolic OH excluding ortho intramolecular Hbond substituents is 1. The largest absolute Gasteiger partial charge is 0.507 e. The number of nitrogens with zero attached hydrogens (tertiary/aromatic N) is 1. The zero-order valence-electron chi connectivity index (χ0n) is 20.3. The van der Waals surface area contributed by atoms with Gasteiger partial charge >= 0.3 is 0 Å². The van der Waals surface area contributed by atoms with Crippen molar-refractivity contribution in [2.24, 2.45) is 0 Å². The predicted octanol–water partition coefficient (Wildman–Crippen LogP) is 4.51. The van der Waals surface area contributed by atoms with Crippen molar-refractivity contribution in [1.82, 2.24) is 10.2 Å². The molecule has 0 radical (unpaired) electrons. The third-order valence-corrected chi connectivity index (χ3v) is 5.98. The van der Waals surface area contributed by atoms with Crippen LogP contribution in [0.1, 0.15) is 84.5 Å². The molecule has 0 spiro atoms. The number of benzene rings is 2. The van der Waals surface area contributed by atoms with Crippen LogP contribution in [0.5, 0.6) is 5.75 Å². The molecule has 3 rings (SSSR count). The zero-order valence-corrected chi connectivity index (χ0v) is 20.3. The Morgan fingerprint density at radius 3 is 2.09 bits per heavy atom. The molecule has 0 atom stereocenters. The molecule has 0 aromatic heterocycles.